The zero-order valence-electron chi connectivity index (χ0n) is 12.7. The molecule has 1 N–H and O–H groups in total. The minimum Gasteiger partial charge on any atom is -0.340 e. The van der Waals surface area contributed by atoms with Gasteiger partial charge in [-0.3, -0.25) is 4.79 Å². The largest absolute Gasteiger partial charge is 0.340 e. The van der Waals surface area contributed by atoms with E-state index in [0.29, 0.717) is 0 Å². The van der Waals surface area contributed by atoms with Crippen molar-refractivity contribution in [3.63, 3.8) is 0 Å². The molecule has 2 rings (SSSR count). The Kier molecular flexibility index (Phi) is 4.74. The first-order valence-corrected chi connectivity index (χ1v) is 7.46. The van der Waals surface area contributed by atoms with Gasteiger partial charge in [-0.2, -0.15) is 0 Å². The van der Waals surface area contributed by atoms with Gasteiger partial charge in [0.25, 0.3) is 5.24 Å². The second kappa shape index (κ2) is 7.15. The Morgan fingerprint density at radius 3 is 2.55 bits per heavy atom. The molecular weight excluding hydrogens is 266 g/mol. The van der Waals surface area contributed by atoms with Crippen LogP contribution in [0.5, 0.6) is 0 Å². The number of nitrogens with one attached hydrogen (secondary N) is 1. The maximum Gasteiger partial charge on any atom is 0.279 e. The predicted octanol–water partition coefficient (Wildman–Crippen LogP) is 4.70. The van der Waals surface area contributed by atoms with Crippen LogP contribution in [0, 0.1) is 6.92 Å². The molecule has 2 atom stereocenters. The monoisotopic (exact) mass is 286 g/mol. The van der Waals surface area contributed by atoms with Crippen LogP contribution < -0.4 is 5.32 Å². The molecule has 0 saturated carbocycles. The number of hydrogen-bond acceptors (Lipinski definition) is 2. The van der Waals surface area contributed by atoms with E-state index in [1.54, 1.807) is 0 Å². The fourth-order valence-electron chi connectivity index (χ4n) is 1.87. The van der Waals surface area contributed by atoms with E-state index in [1.165, 1.54) is 0 Å². The Labute approximate surface area is 126 Å². The standard InChI is InChI=1S/C17H19NOS/c1-13-8-6-7-11-16(13)12-20-17(19)18-14(2)15-9-4-3-5-10-15/h3-11,14H,12H2,1-2H3,(H,18,19)/t14-/m1/s1/i12D/t12?,14-. The summed E-state index contributed by atoms with van der Waals surface area (Å²) in [6, 6.07) is 17.4. The third-order valence-corrected chi connectivity index (χ3v) is 3.82. The van der Waals surface area contributed by atoms with Crippen LogP contribution in [-0.2, 0) is 5.73 Å². The van der Waals surface area contributed by atoms with Gasteiger partial charge < -0.3 is 5.32 Å². The number of rotatable bonds is 4. The average Bonchev–Trinajstić information content (AvgIpc) is 2.48. The fraction of sp³-hybridized carbons (Fsp3) is 0.235. The predicted molar refractivity (Wildman–Crippen MR) is 85.9 cm³/mol. The number of hydrogen-bond donors (Lipinski definition) is 1. The molecule has 0 aromatic heterocycles. The van der Waals surface area contributed by atoms with Crippen LogP contribution >= 0.6 is 11.8 Å². The van der Waals surface area contributed by atoms with Crippen molar-refractivity contribution in [2.45, 2.75) is 25.6 Å². The maximum atomic E-state index is 12.1. The van der Waals surface area contributed by atoms with Gasteiger partial charge in [0.1, 0.15) is 0 Å². The lowest BCUT2D eigenvalue weighted by Crippen LogP contribution is -2.22. The molecule has 0 spiro atoms. The van der Waals surface area contributed by atoms with Gasteiger partial charge in [-0.05, 0) is 30.5 Å². The SMILES string of the molecule is [2H]C(SC(=O)N[C@H](C)c1ccccc1)c1ccccc1C. The summed E-state index contributed by atoms with van der Waals surface area (Å²) in [5.41, 5.74) is 2.37. The highest BCUT2D eigenvalue weighted by atomic mass is 32.2. The molecule has 2 nitrogen and oxygen atoms in total. The van der Waals surface area contributed by atoms with Crippen LogP contribution in [0.3, 0.4) is 0 Å². The minimum absolute atomic E-state index is 0.0599. The van der Waals surface area contributed by atoms with Crippen molar-refractivity contribution in [1.29, 1.82) is 0 Å². The second-order valence-corrected chi connectivity index (χ2v) is 5.50. The van der Waals surface area contributed by atoms with Gasteiger partial charge >= 0.3 is 0 Å². The first-order valence-electron chi connectivity index (χ1n) is 7.15. The van der Waals surface area contributed by atoms with Gasteiger partial charge in [0.05, 0.1) is 6.04 Å². The van der Waals surface area contributed by atoms with E-state index >= 15 is 0 Å². The molecule has 0 fully saturated rings. The summed E-state index contributed by atoms with van der Waals surface area (Å²) in [7, 11) is 0. The summed E-state index contributed by atoms with van der Waals surface area (Å²) in [6.45, 7) is 3.91. The van der Waals surface area contributed by atoms with E-state index in [1.807, 2.05) is 68.4 Å². The lowest BCUT2D eigenvalue weighted by Gasteiger charge is -2.14. The van der Waals surface area contributed by atoms with Crippen LogP contribution in [0.1, 0.15) is 31.0 Å². The summed E-state index contributed by atoms with van der Waals surface area (Å²) in [4.78, 5) is 12.1. The molecule has 0 heterocycles. The molecule has 0 aliphatic rings. The zero-order valence-corrected chi connectivity index (χ0v) is 12.5. The summed E-state index contributed by atoms with van der Waals surface area (Å²) in [5, 5.41) is 2.75. The van der Waals surface area contributed by atoms with Gasteiger partial charge in [-0.1, -0.05) is 66.4 Å². The van der Waals surface area contributed by atoms with Gasteiger partial charge in [0.15, 0.2) is 0 Å². The van der Waals surface area contributed by atoms with E-state index < -0.39 is 5.73 Å². The zero-order chi connectivity index (χ0) is 15.2. The van der Waals surface area contributed by atoms with Crippen molar-refractivity contribution in [3.8, 4) is 0 Å². The van der Waals surface area contributed by atoms with Gasteiger partial charge in [-0.15, -0.1) is 0 Å². The van der Waals surface area contributed by atoms with E-state index in [4.69, 9.17) is 1.37 Å². The Bertz CT molecular complexity index is 603. The molecule has 0 aliphatic heterocycles. The highest BCUT2D eigenvalue weighted by Gasteiger charge is 2.10. The Hall–Kier alpha value is -1.74. The molecule has 0 bridgehead atoms. The third-order valence-electron chi connectivity index (χ3n) is 3.12. The third kappa shape index (κ3) is 4.14. The van der Waals surface area contributed by atoms with E-state index in [9.17, 15) is 4.79 Å². The van der Waals surface area contributed by atoms with Crippen molar-refractivity contribution >= 4 is 17.0 Å². The minimum atomic E-state index is -0.603. The van der Waals surface area contributed by atoms with Crippen molar-refractivity contribution in [2.75, 3.05) is 0 Å². The summed E-state index contributed by atoms with van der Waals surface area (Å²) < 4.78 is 8.14. The smallest absolute Gasteiger partial charge is 0.279 e. The van der Waals surface area contributed by atoms with Gasteiger partial charge in [0.2, 0.25) is 0 Å². The lowest BCUT2D eigenvalue weighted by atomic mass is 10.1. The Morgan fingerprint density at radius 2 is 1.85 bits per heavy atom. The van der Waals surface area contributed by atoms with E-state index in [0.717, 1.165) is 28.5 Å². The molecule has 2 aromatic rings. The second-order valence-electron chi connectivity index (χ2n) is 4.66. The molecule has 104 valence electrons. The highest BCUT2D eigenvalue weighted by Crippen LogP contribution is 2.18. The molecule has 0 radical (unpaired) electrons. The normalized spacial score (nSPS) is 14.2. The van der Waals surface area contributed by atoms with Crippen LogP contribution in [0.25, 0.3) is 0 Å². The van der Waals surface area contributed by atoms with Crippen LogP contribution in [0.15, 0.2) is 54.6 Å². The summed E-state index contributed by atoms with van der Waals surface area (Å²) in [5.74, 6) is 0. The van der Waals surface area contributed by atoms with Crippen LogP contribution in [-0.4, -0.2) is 5.24 Å². The maximum absolute atomic E-state index is 12.1. The Morgan fingerprint density at radius 1 is 1.20 bits per heavy atom. The summed E-state index contributed by atoms with van der Waals surface area (Å²) in [6.07, 6.45) is 0. The molecular formula is C17H19NOS. The summed E-state index contributed by atoms with van der Waals surface area (Å²) >= 11 is 1.01. The van der Waals surface area contributed by atoms with Gasteiger partial charge in [0, 0.05) is 7.10 Å². The van der Waals surface area contributed by atoms with Gasteiger partial charge in [-0.25, -0.2) is 0 Å². The van der Waals surface area contributed by atoms with Crippen LogP contribution in [0.4, 0.5) is 4.79 Å². The van der Waals surface area contributed by atoms with Crippen molar-refractivity contribution < 1.29 is 6.17 Å². The number of amides is 1. The number of benzene rings is 2. The molecule has 3 heteroatoms. The molecule has 0 saturated heterocycles. The molecule has 0 aliphatic carbocycles. The first kappa shape index (κ1) is 13.3. The lowest BCUT2D eigenvalue weighted by molar-refractivity contribution is 0.258. The topological polar surface area (TPSA) is 29.1 Å². The van der Waals surface area contributed by atoms with E-state index in [-0.39, 0.29) is 11.3 Å². The van der Waals surface area contributed by atoms with Crippen molar-refractivity contribution in [1.82, 2.24) is 5.32 Å². The highest BCUT2D eigenvalue weighted by molar-refractivity contribution is 8.12. The molecule has 20 heavy (non-hydrogen) atoms. The fourth-order valence-corrected chi connectivity index (χ4v) is 2.62. The Balaban J connectivity index is 1.94. The molecule has 1 amide bonds. The quantitative estimate of drug-likeness (QED) is 0.882. The van der Waals surface area contributed by atoms with Crippen molar-refractivity contribution in [2.24, 2.45) is 0 Å². The van der Waals surface area contributed by atoms with Crippen LogP contribution in [0.2, 0.25) is 0 Å². The van der Waals surface area contributed by atoms with E-state index in [2.05, 4.69) is 5.32 Å². The first-order chi connectivity index (χ1) is 10.1. The number of aryl methyl sites for hydroxylation is 1. The molecule has 1 unspecified atom stereocenters. The number of carbonyl (C=O) groups is 1. The van der Waals surface area contributed by atoms with Crippen molar-refractivity contribution in [3.05, 3.63) is 71.3 Å². The number of carbonyl (C=O) groups excluding carboxylic acids is 1. The average molecular weight is 286 g/mol. The molecule has 2 aromatic carbocycles. The number of thioether (sulfide) groups is 1.